The van der Waals surface area contributed by atoms with Crippen molar-refractivity contribution in [1.82, 2.24) is 5.32 Å². The van der Waals surface area contributed by atoms with E-state index >= 15 is 0 Å². The first kappa shape index (κ1) is 15.4. The zero-order chi connectivity index (χ0) is 13.6. The molecule has 4 heteroatoms. The van der Waals surface area contributed by atoms with E-state index in [2.05, 4.69) is 5.32 Å². The smallest absolute Gasteiger partial charge is 0.227 e. The van der Waals surface area contributed by atoms with Crippen LogP contribution in [0.4, 0.5) is 0 Å². The van der Waals surface area contributed by atoms with E-state index in [1.165, 1.54) is 6.42 Å². The van der Waals surface area contributed by atoms with Crippen molar-refractivity contribution in [2.45, 2.75) is 64.4 Å². The number of carbonyl (C=O) groups is 1. The number of hydrogen-bond donors (Lipinski definition) is 3. The Kier molecular flexibility index (Phi) is 5.60. The van der Waals surface area contributed by atoms with Crippen LogP contribution < -0.4 is 11.1 Å². The molecule has 0 aliphatic heterocycles. The van der Waals surface area contributed by atoms with Crippen LogP contribution in [0.2, 0.25) is 0 Å². The van der Waals surface area contributed by atoms with Crippen LogP contribution in [-0.2, 0) is 4.79 Å². The summed E-state index contributed by atoms with van der Waals surface area (Å²) in [4.78, 5) is 12.2. The number of amides is 1. The molecule has 0 spiro atoms. The molecule has 1 aliphatic rings. The molecule has 0 aromatic carbocycles. The molecule has 18 heavy (non-hydrogen) atoms. The van der Waals surface area contributed by atoms with Crippen LogP contribution in [0.5, 0.6) is 0 Å². The molecular formula is C14H28N2O2. The van der Waals surface area contributed by atoms with Crippen LogP contribution in [0.3, 0.4) is 0 Å². The van der Waals surface area contributed by atoms with E-state index < -0.39 is 11.0 Å². The summed E-state index contributed by atoms with van der Waals surface area (Å²) in [6.45, 7) is 4.72. The fourth-order valence-electron chi connectivity index (χ4n) is 2.77. The van der Waals surface area contributed by atoms with E-state index in [0.29, 0.717) is 13.1 Å². The summed E-state index contributed by atoms with van der Waals surface area (Å²) in [6, 6.07) is 0. The summed E-state index contributed by atoms with van der Waals surface area (Å²) in [5, 5.41) is 13.3. The molecule has 0 saturated heterocycles. The summed E-state index contributed by atoms with van der Waals surface area (Å²) < 4.78 is 0. The highest BCUT2D eigenvalue weighted by molar-refractivity contribution is 5.82. The van der Waals surface area contributed by atoms with Gasteiger partial charge in [-0.05, 0) is 25.7 Å². The maximum absolute atomic E-state index is 12.2. The number of rotatable bonds is 6. The van der Waals surface area contributed by atoms with Gasteiger partial charge >= 0.3 is 0 Å². The molecule has 4 N–H and O–H groups in total. The minimum atomic E-state index is -0.699. The van der Waals surface area contributed by atoms with E-state index in [1.807, 2.05) is 13.8 Å². The molecule has 1 rings (SSSR count). The molecular weight excluding hydrogens is 228 g/mol. The molecule has 1 fully saturated rings. The quantitative estimate of drug-likeness (QED) is 0.675. The van der Waals surface area contributed by atoms with Crippen LogP contribution in [0, 0.1) is 5.41 Å². The first-order chi connectivity index (χ1) is 8.52. The van der Waals surface area contributed by atoms with Gasteiger partial charge in [-0.2, -0.15) is 0 Å². The van der Waals surface area contributed by atoms with E-state index in [1.54, 1.807) is 0 Å². The highest BCUT2D eigenvalue weighted by Gasteiger charge is 2.36. The molecule has 106 valence electrons. The summed E-state index contributed by atoms with van der Waals surface area (Å²) in [6.07, 6.45) is 6.36. The Morgan fingerprint density at radius 1 is 1.28 bits per heavy atom. The molecule has 4 nitrogen and oxygen atoms in total. The third-order valence-electron chi connectivity index (χ3n) is 4.59. The maximum Gasteiger partial charge on any atom is 0.227 e. The van der Waals surface area contributed by atoms with Gasteiger partial charge in [0.05, 0.1) is 11.0 Å². The zero-order valence-electron chi connectivity index (χ0n) is 11.8. The fraction of sp³-hybridized carbons (Fsp3) is 0.929. The van der Waals surface area contributed by atoms with Crippen molar-refractivity contribution < 1.29 is 9.90 Å². The summed E-state index contributed by atoms with van der Waals surface area (Å²) in [5.41, 5.74) is 4.58. The van der Waals surface area contributed by atoms with Crippen molar-refractivity contribution >= 4 is 5.91 Å². The number of nitrogens with two attached hydrogens (primary N) is 1. The molecule has 0 aromatic heterocycles. The number of carbonyl (C=O) groups excluding carboxylic acids is 1. The lowest BCUT2D eigenvalue weighted by molar-refractivity contribution is -0.132. The second-order valence-corrected chi connectivity index (χ2v) is 5.66. The lowest BCUT2D eigenvalue weighted by atomic mass is 9.80. The first-order valence-corrected chi connectivity index (χ1v) is 7.23. The maximum atomic E-state index is 12.2. The Bertz CT molecular complexity index is 261. The third-order valence-corrected chi connectivity index (χ3v) is 4.59. The van der Waals surface area contributed by atoms with Crippen LogP contribution in [-0.4, -0.2) is 29.7 Å². The molecule has 0 heterocycles. The van der Waals surface area contributed by atoms with Gasteiger partial charge in [0.25, 0.3) is 0 Å². The molecule has 0 unspecified atom stereocenters. The normalized spacial score (nSPS) is 19.6. The highest BCUT2D eigenvalue weighted by Crippen LogP contribution is 2.29. The number of aliphatic hydroxyl groups is 1. The van der Waals surface area contributed by atoms with E-state index in [0.717, 1.165) is 38.5 Å². The Labute approximate surface area is 110 Å². The van der Waals surface area contributed by atoms with E-state index in [4.69, 9.17) is 5.73 Å². The number of nitrogens with one attached hydrogen (secondary N) is 1. The van der Waals surface area contributed by atoms with Gasteiger partial charge in [0, 0.05) is 13.1 Å². The minimum absolute atomic E-state index is 0.00556. The SMILES string of the molecule is CCC(CC)(CN)C(=O)NCC1(O)CCCCC1. The predicted molar refractivity (Wildman–Crippen MR) is 73.1 cm³/mol. The molecule has 0 aromatic rings. The van der Waals surface area contributed by atoms with Crippen molar-refractivity contribution in [3.63, 3.8) is 0 Å². The molecule has 1 saturated carbocycles. The highest BCUT2D eigenvalue weighted by atomic mass is 16.3. The van der Waals surface area contributed by atoms with Crippen LogP contribution >= 0.6 is 0 Å². The van der Waals surface area contributed by atoms with Crippen molar-refractivity contribution in [2.24, 2.45) is 11.1 Å². The van der Waals surface area contributed by atoms with Crippen LogP contribution in [0.1, 0.15) is 58.8 Å². The number of hydrogen-bond acceptors (Lipinski definition) is 3. The largest absolute Gasteiger partial charge is 0.388 e. The van der Waals surface area contributed by atoms with E-state index in [-0.39, 0.29) is 5.91 Å². The zero-order valence-corrected chi connectivity index (χ0v) is 11.8. The molecule has 0 atom stereocenters. The average Bonchev–Trinajstić information content (AvgIpc) is 2.40. The second-order valence-electron chi connectivity index (χ2n) is 5.66. The Balaban J connectivity index is 2.53. The van der Waals surface area contributed by atoms with Gasteiger partial charge in [-0.1, -0.05) is 33.1 Å². The fourth-order valence-corrected chi connectivity index (χ4v) is 2.77. The molecule has 1 amide bonds. The van der Waals surface area contributed by atoms with Gasteiger partial charge in [-0.3, -0.25) is 4.79 Å². The van der Waals surface area contributed by atoms with Gasteiger partial charge in [0.15, 0.2) is 0 Å². The Morgan fingerprint density at radius 3 is 2.28 bits per heavy atom. The van der Waals surface area contributed by atoms with Crippen LogP contribution in [0.25, 0.3) is 0 Å². The van der Waals surface area contributed by atoms with Crippen molar-refractivity contribution in [2.75, 3.05) is 13.1 Å². The molecule has 0 radical (unpaired) electrons. The average molecular weight is 256 g/mol. The monoisotopic (exact) mass is 256 g/mol. The third kappa shape index (κ3) is 3.45. The second kappa shape index (κ2) is 6.53. The summed E-state index contributed by atoms with van der Waals surface area (Å²) >= 11 is 0. The van der Waals surface area contributed by atoms with Crippen molar-refractivity contribution in [1.29, 1.82) is 0 Å². The first-order valence-electron chi connectivity index (χ1n) is 7.23. The summed E-state index contributed by atoms with van der Waals surface area (Å²) in [5.74, 6) is -0.00556. The Hall–Kier alpha value is -0.610. The van der Waals surface area contributed by atoms with Gasteiger partial charge in [-0.15, -0.1) is 0 Å². The molecule has 1 aliphatic carbocycles. The predicted octanol–water partition coefficient (Wildman–Crippen LogP) is 1.56. The van der Waals surface area contributed by atoms with Gasteiger partial charge in [-0.25, -0.2) is 0 Å². The lowest BCUT2D eigenvalue weighted by Gasteiger charge is -2.35. The van der Waals surface area contributed by atoms with Gasteiger partial charge in [0.2, 0.25) is 5.91 Å². The lowest BCUT2D eigenvalue weighted by Crippen LogP contribution is -2.51. The van der Waals surface area contributed by atoms with Crippen LogP contribution in [0.15, 0.2) is 0 Å². The minimum Gasteiger partial charge on any atom is -0.388 e. The Morgan fingerprint density at radius 2 is 1.83 bits per heavy atom. The van der Waals surface area contributed by atoms with Crippen molar-refractivity contribution in [3.05, 3.63) is 0 Å². The molecule has 0 bridgehead atoms. The van der Waals surface area contributed by atoms with E-state index in [9.17, 15) is 9.90 Å². The summed E-state index contributed by atoms with van der Waals surface area (Å²) in [7, 11) is 0. The topological polar surface area (TPSA) is 75.4 Å². The standard InChI is InChI=1S/C14H28N2O2/c1-3-13(4-2,10-15)12(17)16-11-14(18)8-6-5-7-9-14/h18H,3-11,15H2,1-2H3,(H,16,17). The van der Waals surface area contributed by atoms with Crippen molar-refractivity contribution in [3.8, 4) is 0 Å². The van der Waals surface area contributed by atoms with Gasteiger partial charge in [0.1, 0.15) is 0 Å². The van der Waals surface area contributed by atoms with Gasteiger partial charge < -0.3 is 16.2 Å².